The van der Waals surface area contributed by atoms with Crippen LogP contribution in [0.2, 0.25) is 0 Å². The molecule has 0 radical (unpaired) electrons. The minimum Gasteiger partial charge on any atom is -0.444 e. The molecular formula is C22H26N4O3. The Morgan fingerprint density at radius 2 is 1.69 bits per heavy atom. The van der Waals surface area contributed by atoms with Crippen molar-refractivity contribution < 1.29 is 14.3 Å². The van der Waals surface area contributed by atoms with Crippen LogP contribution in [0.4, 0.5) is 4.79 Å². The smallest absolute Gasteiger partial charge is 0.407 e. The van der Waals surface area contributed by atoms with Gasteiger partial charge in [0.1, 0.15) is 5.60 Å². The summed E-state index contributed by atoms with van der Waals surface area (Å²) in [6.45, 7) is 6.33. The van der Waals surface area contributed by atoms with E-state index in [1.54, 1.807) is 12.1 Å². The predicted octanol–water partition coefficient (Wildman–Crippen LogP) is 3.87. The monoisotopic (exact) mass is 394 g/mol. The van der Waals surface area contributed by atoms with Gasteiger partial charge in [-0.3, -0.25) is 9.89 Å². The van der Waals surface area contributed by atoms with Crippen LogP contribution in [0.5, 0.6) is 0 Å². The standard InChI is InChI=1S/C22H26N4O3/c1-22(2,3)29-21(28)24-14-6-13-23-20(27)16-11-9-15(10-12-16)19-17-7-4-5-8-18(17)25-26-19/h4-5,7-12H,6,13-14H2,1-3H3,(H,23,27)(H,24,28)(H,25,26). The molecular weight excluding hydrogens is 368 g/mol. The summed E-state index contributed by atoms with van der Waals surface area (Å²) < 4.78 is 5.16. The first kappa shape index (κ1) is 20.4. The molecule has 0 saturated carbocycles. The highest BCUT2D eigenvalue weighted by Crippen LogP contribution is 2.26. The van der Waals surface area contributed by atoms with Crippen LogP contribution in [0.3, 0.4) is 0 Å². The van der Waals surface area contributed by atoms with Crippen molar-refractivity contribution in [3.05, 3.63) is 54.1 Å². The minimum atomic E-state index is -0.521. The summed E-state index contributed by atoms with van der Waals surface area (Å²) in [6, 6.07) is 15.3. The normalized spacial score (nSPS) is 11.3. The summed E-state index contributed by atoms with van der Waals surface area (Å²) in [6.07, 6.45) is 0.160. The van der Waals surface area contributed by atoms with Gasteiger partial charge >= 0.3 is 6.09 Å². The van der Waals surface area contributed by atoms with E-state index >= 15 is 0 Å². The molecule has 7 nitrogen and oxygen atoms in total. The molecule has 2 aromatic carbocycles. The summed E-state index contributed by atoms with van der Waals surface area (Å²) >= 11 is 0. The SMILES string of the molecule is CC(C)(C)OC(=O)NCCCNC(=O)c1ccc(-c2n[nH]c3ccccc23)cc1. The summed E-state index contributed by atoms with van der Waals surface area (Å²) in [5.41, 5.74) is 2.84. The first-order chi connectivity index (χ1) is 13.8. The Labute approximate surface area is 169 Å². The van der Waals surface area contributed by atoms with E-state index in [-0.39, 0.29) is 5.91 Å². The summed E-state index contributed by atoms with van der Waals surface area (Å²) in [5, 5.41) is 14.0. The number of hydrogen-bond donors (Lipinski definition) is 3. The third kappa shape index (κ3) is 5.57. The minimum absolute atomic E-state index is 0.152. The second-order valence-electron chi connectivity index (χ2n) is 7.73. The van der Waals surface area contributed by atoms with E-state index in [2.05, 4.69) is 20.8 Å². The van der Waals surface area contributed by atoms with Crippen LogP contribution in [0.15, 0.2) is 48.5 Å². The van der Waals surface area contributed by atoms with Crippen molar-refractivity contribution in [3.63, 3.8) is 0 Å². The molecule has 0 aliphatic heterocycles. The molecule has 2 amide bonds. The molecule has 29 heavy (non-hydrogen) atoms. The Morgan fingerprint density at radius 3 is 2.41 bits per heavy atom. The van der Waals surface area contributed by atoms with E-state index in [0.29, 0.717) is 25.1 Å². The van der Waals surface area contributed by atoms with Gasteiger partial charge in [-0.05, 0) is 45.4 Å². The number of rotatable bonds is 6. The molecule has 0 unspecified atom stereocenters. The van der Waals surface area contributed by atoms with Crippen LogP contribution in [-0.4, -0.2) is 40.9 Å². The van der Waals surface area contributed by atoms with Gasteiger partial charge in [-0.1, -0.05) is 30.3 Å². The van der Waals surface area contributed by atoms with E-state index in [0.717, 1.165) is 22.2 Å². The molecule has 0 atom stereocenters. The number of ether oxygens (including phenoxy) is 1. The Morgan fingerprint density at radius 1 is 1.00 bits per heavy atom. The molecule has 1 heterocycles. The zero-order chi connectivity index (χ0) is 20.9. The number of fused-ring (bicyclic) bond motifs is 1. The molecule has 0 bridgehead atoms. The molecule has 0 saturated heterocycles. The molecule has 0 spiro atoms. The van der Waals surface area contributed by atoms with Gasteiger partial charge in [0.05, 0.1) is 11.2 Å². The second-order valence-corrected chi connectivity index (χ2v) is 7.73. The number of nitrogens with one attached hydrogen (secondary N) is 3. The number of H-pyrrole nitrogens is 1. The van der Waals surface area contributed by atoms with Crippen LogP contribution in [0, 0.1) is 0 Å². The lowest BCUT2D eigenvalue weighted by Crippen LogP contribution is -2.34. The van der Waals surface area contributed by atoms with Crippen molar-refractivity contribution >= 4 is 22.9 Å². The fourth-order valence-electron chi connectivity index (χ4n) is 2.86. The van der Waals surface area contributed by atoms with Crippen LogP contribution in [-0.2, 0) is 4.74 Å². The topological polar surface area (TPSA) is 96.1 Å². The zero-order valence-electron chi connectivity index (χ0n) is 16.9. The first-order valence-electron chi connectivity index (χ1n) is 9.62. The van der Waals surface area contributed by atoms with E-state index in [4.69, 9.17) is 4.74 Å². The highest BCUT2D eigenvalue weighted by Gasteiger charge is 2.15. The van der Waals surface area contributed by atoms with Gasteiger partial charge in [0, 0.05) is 29.6 Å². The second kappa shape index (κ2) is 8.77. The number of alkyl carbamates (subject to hydrolysis) is 1. The van der Waals surface area contributed by atoms with E-state index in [1.807, 2.05) is 57.2 Å². The molecule has 0 fully saturated rings. The quantitative estimate of drug-likeness (QED) is 0.553. The molecule has 7 heteroatoms. The lowest BCUT2D eigenvalue weighted by Gasteiger charge is -2.19. The lowest BCUT2D eigenvalue weighted by atomic mass is 10.1. The number of nitrogens with zero attached hydrogens (tertiary/aromatic N) is 1. The molecule has 152 valence electrons. The Hall–Kier alpha value is -3.35. The van der Waals surface area contributed by atoms with Gasteiger partial charge in [0.2, 0.25) is 0 Å². The first-order valence-corrected chi connectivity index (χ1v) is 9.62. The van der Waals surface area contributed by atoms with Crippen molar-refractivity contribution in [2.45, 2.75) is 32.8 Å². The number of aromatic nitrogens is 2. The highest BCUT2D eigenvalue weighted by atomic mass is 16.6. The third-order valence-corrected chi connectivity index (χ3v) is 4.20. The number of carbonyl (C=O) groups is 2. The summed E-state index contributed by atoms with van der Waals surface area (Å²) in [4.78, 5) is 23.9. The summed E-state index contributed by atoms with van der Waals surface area (Å²) in [5.74, 6) is -0.152. The van der Waals surface area contributed by atoms with Gasteiger partial charge in [-0.2, -0.15) is 5.10 Å². The number of para-hydroxylation sites is 1. The fourth-order valence-corrected chi connectivity index (χ4v) is 2.86. The maximum atomic E-state index is 12.3. The van der Waals surface area contributed by atoms with Crippen LogP contribution in [0.25, 0.3) is 22.2 Å². The maximum absolute atomic E-state index is 12.3. The number of aromatic amines is 1. The van der Waals surface area contributed by atoms with Crippen molar-refractivity contribution in [3.8, 4) is 11.3 Å². The lowest BCUT2D eigenvalue weighted by molar-refractivity contribution is 0.0527. The number of amides is 2. The van der Waals surface area contributed by atoms with Crippen molar-refractivity contribution in [2.75, 3.05) is 13.1 Å². The van der Waals surface area contributed by atoms with Gasteiger partial charge in [0.25, 0.3) is 5.91 Å². The van der Waals surface area contributed by atoms with E-state index in [1.165, 1.54) is 0 Å². The van der Waals surface area contributed by atoms with E-state index < -0.39 is 11.7 Å². The fraction of sp³-hybridized carbons (Fsp3) is 0.318. The van der Waals surface area contributed by atoms with Crippen LogP contribution in [0.1, 0.15) is 37.6 Å². The third-order valence-electron chi connectivity index (χ3n) is 4.20. The zero-order valence-corrected chi connectivity index (χ0v) is 16.9. The molecule has 3 rings (SSSR count). The Kier molecular flexibility index (Phi) is 6.16. The number of benzene rings is 2. The van der Waals surface area contributed by atoms with E-state index in [9.17, 15) is 9.59 Å². The van der Waals surface area contributed by atoms with Gasteiger partial charge in [-0.15, -0.1) is 0 Å². The van der Waals surface area contributed by atoms with Crippen LogP contribution < -0.4 is 10.6 Å². The molecule has 3 N–H and O–H groups in total. The molecule has 1 aromatic heterocycles. The van der Waals surface area contributed by atoms with Gasteiger partial charge in [-0.25, -0.2) is 4.79 Å². The Bertz CT molecular complexity index is 987. The average Bonchev–Trinajstić information content (AvgIpc) is 3.10. The summed E-state index contributed by atoms with van der Waals surface area (Å²) in [7, 11) is 0. The largest absolute Gasteiger partial charge is 0.444 e. The predicted molar refractivity (Wildman–Crippen MR) is 113 cm³/mol. The van der Waals surface area contributed by atoms with Crippen molar-refractivity contribution in [1.82, 2.24) is 20.8 Å². The molecule has 3 aromatic rings. The van der Waals surface area contributed by atoms with Gasteiger partial charge < -0.3 is 15.4 Å². The average molecular weight is 394 g/mol. The van der Waals surface area contributed by atoms with Gasteiger partial charge in [0.15, 0.2) is 0 Å². The van der Waals surface area contributed by atoms with Crippen molar-refractivity contribution in [1.29, 1.82) is 0 Å². The number of carbonyl (C=O) groups excluding carboxylic acids is 2. The Balaban J connectivity index is 1.48. The van der Waals surface area contributed by atoms with Crippen molar-refractivity contribution in [2.24, 2.45) is 0 Å². The number of hydrogen-bond acceptors (Lipinski definition) is 4. The highest BCUT2D eigenvalue weighted by molar-refractivity contribution is 5.96. The van der Waals surface area contributed by atoms with Crippen LogP contribution >= 0.6 is 0 Å². The molecule has 0 aliphatic carbocycles. The maximum Gasteiger partial charge on any atom is 0.407 e. The molecule has 0 aliphatic rings.